The van der Waals surface area contributed by atoms with Gasteiger partial charge in [0.25, 0.3) is 0 Å². The number of thiophene rings is 1. The molecule has 1 heterocycles. The highest BCUT2D eigenvalue weighted by Gasteiger charge is 2.10. The molecule has 2 N–H and O–H groups in total. The lowest BCUT2D eigenvalue weighted by molar-refractivity contribution is 0.128. The van der Waals surface area contributed by atoms with E-state index in [-0.39, 0.29) is 6.04 Å². The van der Waals surface area contributed by atoms with Crippen molar-refractivity contribution in [3.8, 4) is 0 Å². The summed E-state index contributed by atoms with van der Waals surface area (Å²) >= 11 is 7.57. The van der Waals surface area contributed by atoms with Crippen molar-refractivity contribution >= 4 is 22.9 Å². The number of halogens is 1. The fourth-order valence-electron chi connectivity index (χ4n) is 1.16. The molecule has 0 radical (unpaired) electrons. The number of nitrogens with two attached hydrogens (primary N) is 1. The van der Waals surface area contributed by atoms with Crippen LogP contribution in [0.4, 0.5) is 0 Å². The Balaban J connectivity index is 2.28. The van der Waals surface area contributed by atoms with Gasteiger partial charge in [-0.2, -0.15) is 0 Å². The van der Waals surface area contributed by atoms with Gasteiger partial charge in [0, 0.05) is 24.1 Å². The Bertz CT molecular complexity index is 264. The molecular formula is C10H16ClNOS. The van der Waals surface area contributed by atoms with E-state index in [9.17, 15) is 0 Å². The molecule has 1 aromatic rings. The second-order valence-electron chi connectivity index (χ2n) is 3.14. The van der Waals surface area contributed by atoms with Gasteiger partial charge in [-0.1, -0.05) is 18.5 Å². The predicted molar refractivity (Wildman–Crippen MR) is 62.0 cm³/mol. The monoisotopic (exact) mass is 233 g/mol. The lowest BCUT2D eigenvalue weighted by Crippen LogP contribution is -2.12. The summed E-state index contributed by atoms with van der Waals surface area (Å²) in [4.78, 5) is 1.06. The van der Waals surface area contributed by atoms with Crippen LogP contribution >= 0.6 is 22.9 Å². The molecule has 0 saturated carbocycles. The summed E-state index contributed by atoms with van der Waals surface area (Å²) in [7, 11) is 0. The van der Waals surface area contributed by atoms with Gasteiger partial charge < -0.3 is 10.5 Å². The van der Waals surface area contributed by atoms with Crippen LogP contribution in [0.15, 0.2) is 11.4 Å². The van der Waals surface area contributed by atoms with Crippen LogP contribution in [0.3, 0.4) is 0 Å². The molecule has 0 aliphatic carbocycles. The first-order chi connectivity index (χ1) is 6.75. The van der Waals surface area contributed by atoms with Gasteiger partial charge in [-0.15, -0.1) is 11.3 Å². The molecule has 80 valence electrons. The Morgan fingerprint density at radius 3 is 2.93 bits per heavy atom. The highest BCUT2D eigenvalue weighted by Crippen LogP contribution is 2.28. The van der Waals surface area contributed by atoms with Crippen molar-refractivity contribution in [3.63, 3.8) is 0 Å². The molecular weight excluding hydrogens is 218 g/mol. The van der Waals surface area contributed by atoms with Crippen LogP contribution in [-0.2, 0) is 4.74 Å². The minimum atomic E-state index is 0.0133. The fraction of sp³-hybridized carbons (Fsp3) is 0.600. The molecule has 0 aliphatic heterocycles. The van der Waals surface area contributed by atoms with Crippen LogP contribution in [-0.4, -0.2) is 13.2 Å². The van der Waals surface area contributed by atoms with Gasteiger partial charge in [0.15, 0.2) is 0 Å². The average molecular weight is 234 g/mol. The molecule has 1 unspecified atom stereocenters. The van der Waals surface area contributed by atoms with E-state index in [0.717, 1.165) is 29.3 Å². The maximum atomic E-state index is 5.97. The molecule has 4 heteroatoms. The first kappa shape index (κ1) is 12.0. The maximum absolute atomic E-state index is 5.97. The normalized spacial score (nSPS) is 13.1. The van der Waals surface area contributed by atoms with Crippen molar-refractivity contribution in [2.24, 2.45) is 5.73 Å². The topological polar surface area (TPSA) is 35.2 Å². The van der Waals surface area contributed by atoms with E-state index in [0.29, 0.717) is 6.61 Å². The Labute approximate surface area is 94.0 Å². The van der Waals surface area contributed by atoms with E-state index in [4.69, 9.17) is 22.1 Å². The molecule has 0 spiro atoms. The van der Waals surface area contributed by atoms with Crippen LogP contribution in [0.5, 0.6) is 0 Å². The highest BCUT2D eigenvalue weighted by molar-refractivity contribution is 7.10. The van der Waals surface area contributed by atoms with Crippen molar-refractivity contribution < 1.29 is 4.74 Å². The van der Waals surface area contributed by atoms with Gasteiger partial charge >= 0.3 is 0 Å². The van der Waals surface area contributed by atoms with Crippen LogP contribution < -0.4 is 5.73 Å². The van der Waals surface area contributed by atoms with Gasteiger partial charge in [-0.25, -0.2) is 0 Å². The SMILES string of the molecule is CCCOCCC(N)c1sccc1Cl. The summed E-state index contributed by atoms with van der Waals surface area (Å²) in [5.74, 6) is 0. The van der Waals surface area contributed by atoms with Crippen LogP contribution in [0.1, 0.15) is 30.7 Å². The summed E-state index contributed by atoms with van der Waals surface area (Å²) in [5.41, 5.74) is 5.97. The molecule has 14 heavy (non-hydrogen) atoms. The van der Waals surface area contributed by atoms with E-state index in [2.05, 4.69) is 6.92 Å². The summed E-state index contributed by atoms with van der Waals surface area (Å²) in [6, 6.07) is 1.90. The molecule has 0 aliphatic rings. The van der Waals surface area contributed by atoms with E-state index < -0.39 is 0 Å². The van der Waals surface area contributed by atoms with Gasteiger partial charge in [-0.3, -0.25) is 0 Å². The zero-order valence-electron chi connectivity index (χ0n) is 8.33. The zero-order chi connectivity index (χ0) is 10.4. The molecule has 1 atom stereocenters. The van der Waals surface area contributed by atoms with E-state index in [1.807, 2.05) is 11.4 Å². The lowest BCUT2D eigenvalue weighted by Gasteiger charge is -2.10. The standard InChI is InChI=1S/C10H16ClNOS/c1-2-5-13-6-3-9(12)10-8(11)4-7-14-10/h4,7,9H,2-3,5-6,12H2,1H3. The number of ether oxygens (including phenoxy) is 1. The summed E-state index contributed by atoms with van der Waals surface area (Å²) < 4.78 is 5.37. The van der Waals surface area contributed by atoms with Gasteiger partial charge in [0.05, 0.1) is 5.02 Å². The molecule has 0 amide bonds. The average Bonchev–Trinajstić information content (AvgIpc) is 2.59. The fourth-order valence-corrected chi connectivity index (χ4v) is 2.39. The third-order valence-corrected chi connectivity index (χ3v) is 3.39. The Morgan fingerprint density at radius 1 is 1.57 bits per heavy atom. The third kappa shape index (κ3) is 3.58. The van der Waals surface area contributed by atoms with Crippen LogP contribution in [0.25, 0.3) is 0 Å². The Morgan fingerprint density at radius 2 is 2.36 bits per heavy atom. The van der Waals surface area contributed by atoms with E-state index >= 15 is 0 Å². The van der Waals surface area contributed by atoms with E-state index in [1.165, 1.54) is 0 Å². The number of hydrogen-bond donors (Lipinski definition) is 1. The van der Waals surface area contributed by atoms with Crippen molar-refractivity contribution in [2.45, 2.75) is 25.8 Å². The maximum Gasteiger partial charge on any atom is 0.0561 e. The van der Waals surface area contributed by atoms with Crippen molar-refractivity contribution in [2.75, 3.05) is 13.2 Å². The van der Waals surface area contributed by atoms with Gasteiger partial charge in [-0.05, 0) is 24.3 Å². The summed E-state index contributed by atoms with van der Waals surface area (Å²) in [6.07, 6.45) is 1.88. The summed E-state index contributed by atoms with van der Waals surface area (Å²) in [6.45, 7) is 3.62. The van der Waals surface area contributed by atoms with Crippen LogP contribution in [0.2, 0.25) is 5.02 Å². The van der Waals surface area contributed by atoms with Crippen molar-refractivity contribution in [1.82, 2.24) is 0 Å². The molecule has 0 bridgehead atoms. The smallest absolute Gasteiger partial charge is 0.0561 e. The first-order valence-corrected chi connectivity index (χ1v) is 6.07. The molecule has 1 aromatic heterocycles. The molecule has 0 fully saturated rings. The van der Waals surface area contributed by atoms with Crippen molar-refractivity contribution in [3.05, 3.63) is 21.3 Å². The Kier molecular flexibility index (Phi) is 5.48. The van der Waals surface area contributed by atoms with Gasteiger partial charge in [0.2, 0.25) is 0 Å². The third-order valence-electron chi connectivity index (χ3n) is 1.90. The lowest BCUT2D eigenvalue weighted by atomic mass is 10.2. The van der Waals surface area contributed by atoms with Crippen LogP contribution in [0, 0.1) is 0 Å². The number of hydrogen-bond acceptors (Lipinski definition) is 3. The van der Waals surface area contributed by atoms with Crippen molar-refractivity contribution in [1.29, 1.82) is 0 Å². The molecule has 1 rings (SSSR count). The minimum absolute atomic E-state index is 0.0133. The predicted octanol–water partition coefficient (Wildman–Crippen LogP) is 3.22. The highest BCUT2D eigenvalue weighted by atomic mass is 35.5. The number of rotatable bonds is 6. The second-order valence-corrected chi connectivity index (χ2v) is 4.50. The van der Waals surface area contributed by atoms with Gasteiger partial charge in [0.1, 0.15) is 0 Å². The molecule has 0 saturated heterocycles. The van der Waals surface area contributed by atoms with E-state index in [1.54, 1.807) is 11.3 Å². The largest absolute Gasteiger partial charge is 0.381 e. The zero-order valence-corrected chi connectivity index (χ0v) is 9.90. The minimum Gasteiger partial charge on any atom is -0.381 e. The molecule has 2 nitrogen and oxygen atoms in total. The Hall–Kier alpha value is -0.0900. The first-order valence-electron chi connectivity index (χ1n) is 4.82. The quantitative estimate of drug-likeness (QED) is 0.766. The summed E-state index contributed by atoms with van der Waals surface area (Å²) in [5, 5.41) is 2.74. The second kappa shape index (κ2) is 6.40. The molecule has 0 aromatic carbocycles.